The number of rotatable bonds is 6. The smallest absolute Gasteiger partial charge is 0.407 e. The van der Waals surface area contributed by atoms with Gasteiger partial charge in [0.2, 0.25) is 0 Å². The van der Waals surface area contributed by atoms with Crippen molar-refractivity contribution in [3.63, 3.8) is 0 Å². The number of H-pyrrole nitrogens is 1. The summed E-state index contributed by atoms with van der Waals surface area (Å²) in [7, 11) is 0. The van der Waals surface area contributed by atoms with Crippen LogP contribution < -0.4 is 10.6 Å². The fourth-order valence-electron chi connectivity index (χ4n) is 4.67. The zero-order valence-corrected chi connectivity index (χ0v) is 20.2. The number of aliphatic hydroxyl groups excluding tert-OH is 1. The summed E-state index contributed by atoms with van der Waals surface area (Å²) in [6.45, 7) is 6.01. The number of carbonyl (C=O) groups excluding carboxylic acids is 2. The summed E-state index contributed by atoms with van der Waals surface area (Å²) in [6.07, 6.45) is 0.322. The number of benzene rings is 2. The molecule has 1 aliphatic carbocycles. The van der Waals surface area contributed by atoms with Crippen LogP contribution in [0.15, 0.2) is 48.5 Å². The molecule has 1 aliphatic rings. The Kier molecular flexibility index (Phi) is 7.12. The van der Waals surface area contributed by atoms with Crippen molar-refractivity contribution in [2.24, 2.45) is 11.8 Å². The first-order chi connectivity index (χ1) is 16.6. The molecule has 0 aliphatic heterocycles. The summed E-state index contributed by atoms with van der Waals surface area (Å²) >= 11 is 0. The van der Waals surface area contributed by atoms with Crippen LogP contribution in [0.3, 0.4) is 0 Å². The molecule has 7 nitrogen and oxygen atoms in total. The number of aromatic nitrogens is 1. The van der Waals surface area contributed by atoms with Crippen molar-refractivity contribution >= 4 is 22.9 Å². The monoisotopic (exact) mass is 481 g/mol. The van der Waals surface area contributed by atoms with Crippen LogP contribution in [0, 0.1) is 17.7 Å². The summed E-state index contributed by atoms with van der Waals surface area (Å²) in [6, 6.07) is 13.7. The lowest BCUT2D eigenvalue weighted by molar-refractivity contribution is 0.0481. The van der Waals surface area contributed by atoms with Crippen LogP contribution in [0.25, 0.3) is 22.0 Å². The molecule has 0 radical (unpaired) electrons. The van der Waals surface area contributed by atoms with Gasteiger partial charge in [0.1, 0.15) is 17.1 Å². The lowest BCUT2D eigenvalue weighted by atomic mass is 10.00. The number of fused-ring (bicyclic) bond motifs is 1. The van der Waals surface area contributed by atoms with Crippen molar-refractivity contribution in [3.8, 4) is 11.1 Å². The van der Waals surface area contributed by atoms with Crippen LogP contribution in [0.1, 0.15) is 44.1 Å². The molecule has 3 atom stereocenters. The molecular formula is C27H32FN3O4. The number of alkyl carbamates (subject to hydrolysis) is 1. The largest absolute Gasteiger partial charge is 0.444 e. The van der Waals surface area contributed by atoms with Crippen LogP contribution in [0.5, 0.6) is 0 Å². The minimum absolute atomic E-state index is 0.104. The number of hydrogen-bond donors (Lipinski definition) is 4. The first-order valence-corrected chi connectivity index (χ1v) is 11.9. The van der Waals surface area contributed by atoms with Gasteiger partial charge in [0.25, 0.3) is 5.91 Å². The maximum absolute atomic E-state index is 13.5. The molecule has 8 heteroatoms. The van der Waals surface area contributed by atoms with Gasteiger partial charge < -0.3 is 25.5 Å². The molecule has 0 spiro atoms. The quantitative estimate of drug-likeness (QED) is 0.413. The molecule has 0 saturated heterocycles. The Morgan fingerprint density at radius 1 is 1.03 bits per heavy atom. The molecular weight excluding hydrogens is 449 g/mol. The van der Waals surface area contributed by atoms with Gasteiger partial charge in [-0.15, -0.1) is 0 Å². The molecule has 1 heterocycles. The molecule has 3 aromatic rings. The fraction of sp³-hybridized carbons (Fsp3) is 0.407. The third kappa shape index (κ3) is 5.82. The van der Waals surface area contributed by atoms with E-state index >= 15 is 0 Å². The number of hydrogen-bond acceptors (Lipinski definition) is 4. The molecule has 2 aromatic carbocycles. The standard InChI is InChI=1S/C27H32FN3O4/c1-27(2,3)35-26(34)30-15-18-9-8-17(24(18)32)14-29-25(33)23-22(16-10-12-19(28)13-11-16)20-6-4-5-7-21(20)31-23/h4-7,10-13,17-18,24,31-32H,8-9,14-15H2,1-3H3,(H,29,33)(H,30,34)/t17-,18-,24+/m1/s1. The van der Waals surface area contributed by atoms with Crippen molar-refractivity contribution in [1.29, 1.82) is 0 Å². The molecule has 1 aromatic heterocycles. The van der Waals surface area contributed by atoms with Crippen LogP contribution >= 0.6 is 0 Å². The highest BCUT2D eigenvalue weighted by Gasteiger charge is 2.35. The minimum atomic E-state index is -0.649. The SMILES string of the molecule is CC(C)(C)OC(=O)NC[C@H]1CC[C@H](CNC(=O)c2[nH]c3ccccc3c2-c2ccc(F)cc2)[C@@H]1O. The molecule has 35 heavy (non-hydrogen) atoms. The van der Waals surface area contributed by atoms with Gasteiger partial charge >= 0.3 is 6.09 Å². The molecule has 1 saturated carbocycles. The fourth-order valence-corrected chi connectivity index (χ4v) is 4.67. The maximum Gasteiger partial charge on any atom is 0.407 e. The second-order valence-electron chi connectivity index (χ2n) is 10.1. The van der Waals surface area contributed by atoms with E-state index < -0.39 is 17.8 Å². The van der Waals surface area contributed by atoms with Crippen molar-refractivity contribution in [2.45, 2.75) is 45.3 Å². The first-order valence-electron chi connectivity index (χ1n) is 11.9. The van der Waals surface area contributed by atoms with Crippen LogP contribution in [-0.2, 0) is 4.74 Å². The second-order valence-corrected chi connectivity index (χ2v) is 10.1. The number of amides is 2. The number of ether oxygens (including phenoxy) is 1. The maximum atomic E-state index is 13.5. The lowest BCUT2D eigenvalue weighted by Gasteiger charge is -2.23. The summed E-state index contributed by atoms with van der Waals surface area (Å²) in [5.74, 6) is -0.858. The Hall–Kier alpha value is -3.39. The average molecular weight is 482 g/mol. The van der Waals surface area contributed by atoms with E-state index in [-0.39, 0.29) is 23.6 Å². The van der Waals surface area contributed by atoms with Crippen LogP contribution in [-0.4, -0.2) is 46.9 Å². The van der Waals surface area contributed by atoms with E-state index in [0.717, 1.165) is 29.3 Å². The topological polar surface area (TPSA) is 103 Å². The highest BCUT2D eigenvalue weighted by molar-refractivity contribution is 6.09. The number of halogens is 1. The van der Waals surface area contributed by atoms with Crippen molar-refractivity contribution in [2.75, 3.05) is 13.1 Å². The zero-order valence-electron chi connectivity index (χ0n) is 20.2. The molecule has 0 unspecified atom stereocenters. The van der Waals surface area contributed by atoms with Crippen molar-refractivity contribution in [3.05, 3.63) is 60.0 Å². The predicted octanol–water partition coefficient (Wildman–Crippen LogP) is 4.62. The highest BCUT2D eigenvalue weighted by Crippen LogP contribution is 2.33. The third-order valence-electron chi connectivity index (χ3n) is 6.37. The number of nitrogens with one attached hydrogen (secondary N) is 3. The first kappa shape index (κ1) is 24.7. The van der Waals surface area contributed by atoms with E-state index in [1.165, 1.54) is 12.1 Å². The van der Waals surface area contributed by atoms with Gasteiger partial charge in [-0.2, -0.15) is 0 Å². The van der Waals surface area contributed by atoms with Crippen LogP contribution in [0.4, 0.5) is 9.18 Å². The van der Waals surface area contributed by atoms with Gasteiger partial charge in [0.15, 0.2) is 0 Å². The van der Waals surface area contributed by atoms with E-state index in [9.17, 15) is 19.1 Å². The van der Waals surface area contributed by atoms with Crippen LogP contribution in [0.2, 0.25) is 0 Å². The molecule has 0 bridgehead atoms. The zero-order chi connectivity index (χ0) is 25.2. The predicted molar refractivity (Wildman–Crippen MR) is 132 cm³/mol. The van der Waals surface area contributed by atoms with E-state index in [2.05, 4.69) is 15.6 Å². The molecule has 186 valence electrons. The Bertz CT molecular complexity index is 1200. The van der Waals surface area contributed by atoms with Crippen molar-refractivity contribution < 1.29 is 23.8 Å². The summed E-state index contributed by atoms with van der Waals surface area (Å²) < 4.78 is 18.7. The van der Waals surface area contributed by atoms with Gasteiger partial charge in [-0.1, -0.05) is 30.3 Å². The Labute approximate surface area is 204 Å². The molecule has 2 amide bonds. The molecule has 1 fully saturated rings. The Morgan fingerprint density at radius 3 is 2.31 bits per heavy atom. The third-order valence-corrected chi connectivity index (χ3v) is 6.37. The molecule has 4 N–H and O–H groups in total. The number of carbonyl (C=O) groups is 2. The molecule has 4 rings (SSSR count). The van der Waals surface area contributed by atoms with Gasteiger partial charge in [-0.25, -0.2) is 9.18 Å². The highest BCUT2D eigenvalue weighted by atomic mass is 19.1. The lowest BCUT2D eigenvalue weighted by Crippen LogP contribution is -2.39. The van der Waals surface area contributed by atoms with Gasteiger partial charge in [0.05, 0.1) is 6.10 Å². The van der Waals surface area contributed by atoms with E-state index in [1.54, 1.807) is 32.9 Å². The minimum Gasteiger partial charge on any atom is -0.444 e. The average Bonchev–Trinajstić information content (AvgIpc) is 3.36. The van der Waals surface area contributed by atoms with E-state index in [1.807, 2.05) is 24.3 Å². The normalized spacial score (nSPS) is 20.1. The van der Waals surface area contributed by atoms with E-state index in [0.29, 0.717) is 24.3 Å². The summed E-state index contributed by atoms with van der Waals surface area (Å²) in [4.78, 5) is 28.3. The summed E-state index contributed by atoms with van der Waals surface area (Å²) in [5, 5.41) is 17.3. The number of aromatic amines is 1. The Morgan fingerprint density at radius 2 is 1.66 bits per heavy atom. The van der Waals surface area contributed by atoms with E-state index in [4.69, 9.17) is 4.74 Å². The Balaban J connectivity index is 1.41. The van der Waals surface area contributed by atoms with Gasteiger partial charge in [-0.3, -0.25) is 4.79 Å². The van der Waals surface area contributed by atoms with Gasteiger partial charge in [-0.05, 0) is 57.4 Å². The van der Waals surface area contributed by atoms with Gasteiger partial charge in [0, 0.05) is 41.4 Å². The number of para-hydroxylation sites is 1. The summed E-state index contributed by atoms with van der Waals surface area (Å²) in [5.41, 5.74) is 2.08. The second kappa shape index (κ2) is 10.1. The van der Waals surface area contributed by atoms with Crippen molar-refractivity contribution in [1.82, 2.24) is 15.6 Å². The number of aliphatic hydroxyl groups is 1.